The van der Waals surface area contributed by atoms with Gasteiger partial charge in [-0.05, 0) is 37.4 Å². The summed E-state index contributed by atoms with van der Waals surface area (Å²) in [5.41, 5.74) is 0. The van der Waals surface area contributed by atoms with Crippen LogP contribution in [0.25, 0.3) is 0 Å². The largest absolute Gasteiger partial charge is 0.312 e. The second-order valence-corrected chi connectivity index (χ2v) is 8.15. The molecule has 8 heteroatoms. The van der Waals surface area contributed by atoms with Crippen LogP contribution < -0.4 is 5.32 Å². The molecule has 0 saturated carbocycles. The average Bonchev–Trinajstić information content (AvgIpc) is 2.89. The molecule has 3 rings (SSSR count). The summed E-state index contributed by atoms with van der Waals surface area (Å²) in [6.45, 7) is 1.75. The van der Waals surface area contributed by atoms with Crippen molar-refractivity contribution in [2.24, 2.45) is 5.92 Å². The third-order valence-electron chi connectivity index (χ3n) is 4.18. The first-order valence-corrected chi connectivity index (χ1v) is 8.98. The van der Waals surface area contributed by atoms with E-state index in [2.05, 4.69) is 5.32 Å². The predicted octanol–water partition coefficient (Wildman–Crippen LogP) is 2.51. The van der Waals surface area contributed by atoms with Gasteiger partial charge >= 0.3 is 0 Å². The lowest BCUT2D eigenvalue weighted by atomic mass is 9.94. The number of rotatable bonds is 2. The summed E-state index contributed by atoms with van der Waals surface area (Å²) in [6.07, 6.45) is 2.05. The Balaban J connectivity index is 1.93. The van der Waals surface area contributed by atoms with Crippen LogP contribution in [0.5, 0.6) is 0 Å². The summed E-state index contributed by atoms with van der Waals surface area (Å²) >= 11 is 11.5. The molecule has 2 unspecified atom stereocenters. The number of nitrogens with one attached hydrogen (secondary N) is 1. The lowest BCUT2D eigenvalue weighted by Crippen LogP contribution is -2.41. The third-order valence-corrected chi connectivity index (χ3v) is 6.83. The fourth-order valence-electron chi connectivity index (χ4n) is 3.05. The van der Waals surface area contributed by atoms with Gasteiger partial charge in [0.2, 0.25) is 10.0 Å². The van der Waals surface area contributed by atoms with Gasteiger partial charge in [0.05, 0.1) is 10.0 Å². The molecule has 0 amide bonds. The molecule has 21 heavy (non-hydrogen) atoms. The predicted molar refractivity (Wildman–Crippen MR) is 79.7 cm³/mol. The van der Waals surface area contributed by atoms with E-state index in [0.717, 1.165) is 19.4 Å². The van der Waals surface area contributed by atoms with E-state index in [1.165, 1.54) is 16.4 Å². The number of sulfonamides is 1. The molecule has 4 nitrogen and oxygen atoms in total. The highest BCUT2D eigenvalue weighted by Crippen LogP contribution is 2.34. The van der Waals surface area contributed by atoms with Crippen molar-refractivity contribution in [2.75, 3.05) is 19.6 Å². The van der Waals surface area contributed by atoms with Crippen molar-refractivity contribution in [3.8, 4) is 0 Å². The molecule has 2 aliphatic rings. The van der Waals surface area contributed by atoms with Gasteiger partial charge < -0.3 is 5.32 Å². The first-order valence-electron chi connectivity index (χ1n) is 6.78. The van der Waals surface area contributed by atoms with E-state index in [-0.39, 0.29) is 16.0 Å². The van der Waals surface area contributed by atoms with Gasteiger partial charge in [0.15, 0.2) is 5.82 Å². The Kier molecular flexibility index (Phi) is 4.18. The summed E-state index contributed by atoms with van der Waals surface area (Å²) in [5.74, 6) is -0.585. The second-order valence-electron chi connectivity index (χ2n) is 5.46. The van der Waals surface area contributed by atoms with Crippen molar-refractivity contribution in [3.05, 3.63) is 28.0 Å². The number of halogens is 3. The van der Waals surface area contributed by atoms with E-state index < -0.39 is 20.9 Å². The molecule has 0 bridgehead atoms. The number of benzene rings is 1. The zero-order valence-corrected chi connectivity index (χ0v) is 13.5. The molecule has 0 aliphatic carbocycles. The molecule has 0 radical (unpaired) electrons. The second kappa shape index (κ2) is 5.66. The highest BCUT2D eigenvalue weighted by Gasteiger charge is 2.41. The summed E-state index contributed by atoms with van der Waals surface area (Å²) in [7, 11) is -3.80. The van der Waals surface area contributed by atoms with Gasteiger partial charge in [0.1, 0.15) is 4.90 Å². The molecular formula is C13H15Cl2FN2O2S. The van der Waals surface area contributed by atoms with Crippen LogP contribution in [0.15, 0.2) is 17.0 Å². The lowest BCUT2D eigenvalue weighted by molar-refractivity contribution is 0.339. The summed E-state index contributed by atoms with van der Waals surface area (Å²) in [4.78, 5) is -0.218. The molecule has 2 saturated heterocycles. The monoisotopic (exact) mass is 352 g/mol. The summed E-state index contributed by atoms with van der Waals surface area (Å²) < 4.78 is 40.5. The number of hydrogen-bond acceptors (Lipinski definition) is 3. The molecule has 2 aliphatic heterocycles. The zero-order valence-electron chi connectivity index (χ0n) is 11.2. The van der Waals surface area contributed by atoms with Crippen LogP contribution in [0.4, 0.5) is 4.39 Å². The Bertz CT molecular complexity index is 654. The number of hydrogen-bond donors (Lipinski definition) is 1. The van der Waals surface area contributed by atoms with Crippen LogP contribution in [-0.2, 0) is 10.0 Å². The zero-order chi connectivity index (χ0) is 15.2. The number of nitrogens with zero attached hydrogens (tertiary/aromatic N) is 1. The van der Waals surface area contributed by atoms with Crippen LogP contribution in [-0.4, -0.2) is 38.4 Å². The molecule has 2 heterocycles. The Labute approximate surface area is 133 Å². The molecule has 116 valence electrons. The maximum absolute atomic E-state index is 13.7. The number of fused-ring (bicyclic) bond motifs is 1. The van der Waals surface area contributed by atoms with Crippen molar-refractivity contribution in [2.45, 2.75) is 23.8 Å². The van der Waals surface area contributed by atoms with Crippen molar-refractivity contribution < 1.29 is 12.8 Å². The minimum Gasteiger partial charge on any atom is -0.312 e. The minimum absolute atomic E-state index is 0.171. The number of piperidine rings is 1. The average molecular weight is 353 g/mol. The molecule has 1 N–H and O–H groups in total. The van der Waals surface area contributed by atoms with E-state index >= 15 is 0 Å². The maximum atomic E-state index is 13.7. The molecular weight excluding hydrogens is 338 g/mol. The molecule has 1 aromatic carbocycles. The van der Waals surface area contributed by atoms with Crippen LogP contribution in [0.2, 0.25) is 10.0 Å². The van der Waals surface area contributed by atoms with E-state index in [0.29, 0.717) is 19.0 Å². The van der Waals surface area contributed by atoms with Crippen molar-refractivity contribution in [3.63, 3.8) is 0 Å². The van der Waals surface area contributed by atoms with E-state index in [9.17, 15) is 12.8 Å². The normalized spacial score (nSPS) is 26.8. The first-order chi connectivity index (χ1) is 9.91. The highest BCUT2D eigenvalue weighted by molar-refractivity contribution is 7.89. The fraction of sp³-hybridized carbons (Fsp3) is 0.538. The first kappa shape index (κ1) is 15.5. The van der Waals surface area contributed by atoms with Crippen molar-refractivity contribution >= 4 is 33.2 Å². The third kappa shape index (κ3) is 2.68. The highest BCUT2D eigenvalue weighted by atomic mass is 35.5. The molecule has 2 fully saturated rings. The summed E-state index contributed by atoms with van der Waals surface area (Å²) in [5, 5.41) is 2.71. The molecule has 0 spiro atoms. The van der Waals surface area contributed by atoms with Crippen LogP contribution in [0, 0.1) is 11.7 Å². The van der Waals surface area contributed by atoms with Gasteiger partial charge in [-0.15, -0.1) is 0 Å². The molecule has 1 aromatic rings. The lowest BCUT2D eigenvalue weighted by Gasteiger charge is -2.24. The van der Waals surface area contributed by atoms with Gasteiger partial charge in [-0.3, -0.25) is 0 Å². The molecule has 0 aromatic heterocycles. The van der Waals surface area contributed by atoms with Gasteiger partial charge in [0.25, 0.3) is 0 Å². The topological polar surface area (TPSA) is 49.4 Å². The standard InChI is InChI=1S/C13H15Cl2FN2O2S/c14-9-3-4-11(12(15)13(9)16)21(19,20)18-6-8-2-1-5-17-10(8)7-18/h3-4,8,10,17H,1-2,5-7H2. The smallest absolute Gasteiger partial charge is 0.244 e. The Hall–Kier alpha value is -0.400. The van der Waals surface area contributed by atoms with Crippen molar-refractivity contribution in [1.82, 2.24) is 9.62 Å². The quantitative estimate of drug-likeness (QED) is 0.832. The van der Waals surface area contributed by atoms with Gasteiger partial charge in [-0.2, -0.15) is 4.31 Å². The SMILES string of the molecule is O=S(=O)(c1ccc(Cl)c(F)c1Cl)N1CC2CCCNC2C1. The van der Waals surface area contributed by atoms with Gasteiger partial charge in [-0.1, -0.05) is 23.2 Å². The Morgan fingerprint density at radius 2 is 2.05 bits per heavy atom. The van der Waals surface area contributed by atoms with Gasteiger partial charge in [0, 0.05) is 19.1 Å². The van der Waals surface area contributed by atoms with E-state index in [1.54, 1.807) is 0 Å². The van der Waals surface area contributed by atoms with Crippen LogP contribution >= 0.6 is 23.2 Å². The van der Waals surface area contributed by atoms with Crippen LogP contribution in [0.1, 0.15) is 12.8 Å². The fourth-order valence-corrected chi connectivity index (χ4v) is 5.29. The van der Waals surface area contributed by atoms with Gasteiger partial charge in [-0.25, -0.2) is 12.8 Å². The Morgan fingerprint density at radius 3 is 2.76 bits per heavy atom. The van der Waals surface area contributed by atoms with E-state index in [1.807, 2.05) is 0 Å². The minimum atomic E-state index is -3.80. The van der Waals surface area contributed by atoms with Crippen molar-refractivity contribution in [1.29, 1.82) is 0 Å². The molecule has 2 atom stereocenters. The summed E-state index contributed by atoms with van der Waals surface area (Å²) in [6, 6.07) is 2.65. The Morgan fingerprint density at radius 1 is 1.29 bits per heavy atom. The maximum Gasteiger partial charge on any atom is 0.244 e. The van der Waals surface area contributed by atoms with Crippen LogP contribution in [0.3, 0.4) is 0 Å². The van der Waals surface area contributed by atoms with E-state index in [4.69, 9.17) is 23.2 Å².